The average Bonchev–Trinajstić information content (AvgIpc) is 2.08. The van der Waals surface area contributed by atoms with Crippen LogP contribution in [-0.4, -0.2) is 11.3 Å². The van der Waals surface area contributed by atoms with Gasteiger partial charge in [0.05, 0.1) is 0 Å². The summed E-state index contributed by atoms with van der Waals surface area (Å²) in [6, 6.07) is 1.49. The van der Waals surface area contributed by atoms with Crippen molar-refractivity contribution >= 4 is 6.29 Å². The maximum atomic E-state index is 12.3. The predicted molar refractivity (Wildman–Crippen MR) is 44.1 cm³/mol. The molecule has 0 aliphatic carbocycles. The van der Waals surface area contributed by atoms with E-state index in [1.807, 2.05) is 0 Å². The second kappa shape index (κ2) is 3.60. The summed E-state index contributed by atoms with van der Waals surface area (Å²) < 4.78 is 24.7. The minimum Gasteiger partial charge on any atom is -0.298 e. The summed E-state index contributed by atoms with van der Waals surface area (Å²) in [4.78, 5) is 14.2. The minimum absolute atomic E-state index is 0.260. The smallest absolute Gasteiger partial charge is 0.280 e. The van der Waals surface area contributed by atoms with Crippen molar-refractivity contribution in [3.8, 4) is 0 Å². The molecule has 13 heavy (non-hydrogen) atoms. The lowest BCUT2D eigenvalue weighted by molar-refractivity contribution is 0.112. The molecule has 0 spiro atoms. The number of carbonyl (C=O) groups is 1. The van der Waals surface area contributed by atoms with Gasteiger partial charge in [-0.1, -0.05) is 0 Å². The Kier molecular flexibility index (Phi) is 2.70. The molecule has 0 unspecified atom stereocenters. The maximum Gasteiger partial charge on any atom is 0.280 e. The summed E-state index contributed by atoms with van der Waals surface area (Å²) in [5, 5.41) is 0. The number of carbonyl (C=O) groups excluding carboxylic acids is 1. The van der Waals surface area contributed by atoms with Crippen LogP contribution < -0.4 is 0 Å². The van der Waals surface area contributed by atoms with Gasteiger partial charge in [-0.2, -0.15) is 0 Å². The summed E-state index contributed by atoms with van der Waals surface area (Å²) in [5.41, 5.74) is 0.670. The van der Waals surface area contributed by atoms with Crippen LogP contribution in [0.2, 0.25) is 0 Å². The summed E-state index contributed by atoms with van der Waals surface area (Å²) >= 11 is 0. The second-order valence-electron chi connectivity index (χ2n) is 2.78. The molecule has 0 bridgehead atoms. The molecule has 4 heteroatoms. The first-order valence-electron chi connectivity index (χ1n) is 3.77. The molecular formula is C9H9F2NO. The lowest BCUT2D eigenvalue weighted by Crippen LogP contribution is -2.01. The predicted octanol–water partition coefficient (Wildman–Crippen LogP) is 2.45. The number of nitrogens with zero attached hydrogens (tertiary/aromatic N) is 1. The van der Waals surface area contributed by atoms with E-state index in [-0.39, 0.29) is 16.8 Å². The fourth-order valence-corrected chi connectivity index (χ4v) is 1.12. The van der Waals surface area contributed by atoms with Gasteiger partial charge in [0.2, 0.25) is 0 Å². The van der Waals surface area contributed by atoms with E-state index in [0.717, 1.165) is 0 Å². The first-order chi connectivity index (χ1) is 6.06. The molecule has 2 nitrogen and oxygen atoms in total. The van der Waals surface area contributed by atoms with Crippen molar-refractivity contribution in [3.63, 3.8) is 0 Å². The number of halogens is 2. The molecule has 1 aromatic rings. The summed E-state index contributed by atoms with van der Waals surface area (Å²) in [6.07, 6.45) is -2.06. The fraction of sp³-hybridized carbons (Fsp3) is 0.333. The summed E-state index contributed by atoms with van der Waals surface area (Å²) in [6.45, 7) is 3.05. The van der Waals surface area contributed by atoms with E-state index >= 15 is 0 Å². The van der Waals surface area contributed by atoms with Crippen molar-refractivity contribution in [1.82, 2.24) is 4.98 Å². The van der Waals surface area contributed by atoms with Crippen LogP contribution in [0.3, 0.4) is 0 Å². The molecule has 0 atom stereocenters. The summed E-state index contributed by atoms with van der Waals surface area (Å²) in [5.74, 6) is 0. The number of pyridine rings is 1. The van der Waals surface area contributed by atoms with Crippen molar-refractivity contribution in [3.05, 3.63) is 28.6 Å². The van der Waals surface area contributed by atoms with Crippen LogP contribution in [0.1, 0.15) is 33.7 Å². The van der Waals surface area contributed by atoms with Crippen LogP contribution in [-0.2, 0) is 0 Å². The molecular weight excluding hydrogens is 176 g/mol. The Morgan fingerprint density at radius 1 is 1.46 bits per heavy atom. The van der Waals surface area contributed by atoms with Gasteiger partial charge in [-0.3, -0.25) is 9.78 Å². The molecule has 1 heterocycles. The third-order valence-electron chi connectivity index (χ3n) is 1.81. The van der Waals surface area contributed by atoms with Crippen molar-refractivity contribution in [2.75, 3.05) is 0 Å². The first kappa shape index (κ1) is 9.77. The molecule has 0 aliphatic heterocycles. The van der Waals surface area contributed by atoms with Crippen LogP contribution >= 0.6 is 0 Å². The van der Waals surface area contributed by atoms with Crippen molar-refractivity contribution in [1.29, 1.82) is 0 Å². The fourth-order valence-electron chi connectivity index (χ4n) is 1.12. The van der Waals surface area contributed by atoms with Crippen LogP contribution in [0.15, 0.2) is 6.07 Å². The van der Waals surface area contributed by atoms with Crippen molar-refractivity contribution < 1.29 is 13.6 Å². The number of rotatable bonds is 2. The number of hydrogen-bond donors (Lipinski definition) is 0. The van der Waals surface area contributed by atoms with Crippen LogP contribution in [0.25, 0.3) is 0 Å². The number of alkyl halides is 2. The van der Waals surface area contributed by atoms with Crippen LogP contribution in [0.4, 0.5) is 8.78 Å². The van der Waals surface area contributed by atoms with Gasteiger partial charge in [0.1, 0.15) is 12.0 Å². The van der Waals surface area contributed by atoms with E-state index < -0.39 is 6.43 Å². The van der Waals surface area contributed by atoms with E-state index in [1.54, 1.807) is 6.92 Å². The molecule has 0 amide bonds. The van der Waals surface area contributed by atoms with Gasteiger partial charge in [0.25, 0.3) is 6.43 Å². The minimum atomic E-state index is -2.63. The Bertz CT molecular complexity index is 337. The molecule has 1 aromatic heterocycles. The van der Waals surface area contributed by atoms with Gasteiger partial charge in [-0.25, -0.2) is 8.78 Å². The number of hydrogen-bond acceptors (Lipinski definition) is 2. The maximum absolute atomic E-state index is 12.3. The highest BCUT2D eigenvalue weighted by Gasteiger charge is 2.15. The van der Waals surface area contributed by atoms with Gasteiger partial charge >= 0.3 is 0 Å². The molecule has 0 saturated carbocycles. The van der Waals surface area contributed by atoms with E-state index in [9.17, 15) is 13.6 Å². The zero-order valence-electron chi connectivity index (χ0n) is 7.34. The second-order valence-corrected chi connectivity index (χ2v) is 2.78. The molecule has 0 N–H and O–H groups in total. The van der Waals surface area contributed by atoms with Crippen LogP contribution in [0.5, 0.6) is 0 Å². The van der Waals surface area contributed by atoms with Gasteiger partial charge in [-0.05, 0) is 25.5 Å². The molecule has 0 radical (unpaired) electrons. The highest BCUT2D eigenvalue weighted by Crippen LogP contribution is 2.22. The topological polar surface area (TPSA) is 30.0 Å². The van der Waals surface area contributed by atoms with Gasteiger partial charge in [0.15, 0.2) is 0 Å². The van der Waals surface area contributed by atoms with E-state index in [4.69, 9.17) is 0 Å². The van der Waals surface area contributed by atoms with E-state index in [0.29, 0.717) is 12.0 Å². The van der Waals surface area contributed by atoms with Crippen molar-refractivity contribution in [2.24, 2.45) is 0 Å². The summed E-state index contributed by atoms with van der Waals surface area (Å²) in [7, 11) is 0. The van der Waals surface area contributed by atoms with E-state index in [2.05, 4.69) is 4.98 Å². The zero-order valence-corrected chi connectivity index (χ0v) is 7.34. The lowest BCUT2D eigenvalue weighted by atomic mass is 10.1. The highest BCUT2D eigenvalue weighted by molar-refractivity contribution is 5.77. The number of aryl methyl sites for hydroxylation is 1. The monoisotopic (exact) mass is 185 g/mol. The normalized spacial score (nSPS) is 10.5. The third-order valence-corrected chi connectivity index (χ3v) is 1.81. The molecule has 0 aliphatic rings. The van der Waals surface area contributed by atoms with Gasteiger partial charge in [-0.15, -0.1) is 0 Å². The standard InChI is InChI=1S/C9H9F2NO/c1-5-3-7(4-13)6(2)8(12-5)9(10)11/h3-4,9H,1-2H3. The third kappa shape index (κ3) is 1.88. The first-order valence-corrected chi connectivity index (χ1v) is 3.77. The molecule has 0 saturated heterocycles. The van der Waals surface area contributed by atoms with Crippen LogP contribution in [0, 0.1) is 13.8 Å². The molecule has 70 valence electrons. The Morgan fingerprint density at radius 2 is 2.08 bits per heavy atom. The van der Waals surface area contributed by atoms with Crippen molar-refractivity contribution in [2.45, 2.75) is 20.3 Å². The quantitative estimate of drug-likeness (QED) is 0.662. The average molecular weight is 185 g/mol. The molecule has 1 rings (SSSR count). The lowest BCUT2D eigenvalue weighted by Gasteiger charge is -2.06. The zero-order chi connectivity index (χ0) is 10.0. The number of aldehydes is 1. The Morgan fingerprint density at radius 3 is 2.54 bits per heavy atom. The largest absolute Gasteiger partial charge is 0.298 e. The molecule has 0 aromatic carbocycles. The Balaban J connectivity index is 3.35. The van der Waals surface area contributed by atoms with E-state index in [1.165, 1.54) is 13.0 Å². The van der Waals surface area contributed by atoms with Gasteiger partial charge in [0, 0.05) is 11.3 Å². The van der Waals surface area contributed by atoms with Gasteiger partial charge < -0.3 is 0 Å². The molecule has 0 fully saturated rings. The SMILES string of the molecule is Cc1cc(C=O)c(C)c(C(F)F)n1. The highest BCUT2D eigenvalue weighted by atomic mass is 19.3. The Hall–Kier alpha value is -1.32. The number of aromatic nitrogens is 1. The Labute approximate surface area is 74.6 Å².